The van der Waals surface area contributed by atoms with E-state index in [1.807, 2.05) is 19.9 Å². The maximum atomic E-state index is 8.63. The van der Waals surface area contributed by atoms with Gasteiger partial charge in [0.2, 0.25) is 0 Å². The third-order valence-electron chi connectivity index (χ3n) is 3.99. The molecule has 0 aromatic heterocycles. The van der Waals surface area contributed by atoms with Crippen molar-refractivity contribution in [1.82, 2.24) is 0 Å². The minimum atomic E-state index is 0.322. The normalized spacial score (nSPS) is 9.32. The zero-order valence-corrected chi connectivity index (χ0v) is 17.9. The van der Waals surface area contributed by atoms with Crippen molar-refractivity contribution in [3.63, 3.8) is 0 Å². The summed E-state index contributed by atoms with van der Waals surface area (Å²) in [4.78, 5) is 0. The lowest BCUT2D eigenvalue weighted by atomic mass is 9.95. The molecule has 0 atom stereocenters. The summed E-state index contributed by atoms with van der Waals surface area (Å²) in [5.74, 6) is 0.322. The van der Waals surface area contributed by atoms with Crippen LogP contribution in [-0.2, 0) is 6.42 Å². The third-order valence-corrected chi connectivity index (χ3v) is 3.99. The highest BCUT2D eigenvalue weighted by Gasteiger charge is 2.04. The molecular formula is C27H34O. The molecule has 0 amide bonds. The molecule has 1 nitrogen and oxygen atoms in total. The van der Waals surface area contributed by atoms with Crippen LogP contribution < -0.4 is 0 Å². The predicted octanol–water partition coefficient (Wildman–Crippen LogP) is 8.39. The fraction of sp³-hybridized carbons (Fsp3) is 0.259. The Morgan fingerprint density at radius 3 is 1.36 bits per heavy atom. The number of fused-ring (bicyclic) bond motifs is 2. The van der Waals surface area contributed by atoms with Crippen molar-refractivity contribution in [1.29, 1.82) is 0 Å². The number of phenols is 1. The Morgan fingerprint density at radius 2 is 1.00 bits per heavy atom. The average Bonchev–Trinajstić information content (AvgIpc) is 2.75. The maximum absolute atomic E-state index is 8.63. The lowest BCUT2D eigenvalue weighted by molar-refractivity contribution is 0.475. The summed E-state index contributed by atoms with van der Waals surface area (Å²) in [7, 11) is 0. The molecule has 0 unspecified atom stereocenters. The lowest BCUT2D eigenvalue weighted by Crippen LogP contribution is -1.86. The molecule has 0 saturated heterocycles. The molecule has 0 spiro atoms. The van der Waals surface area contributed by atoms with Crippen molar-refractivity contribution in [2.45, 2.75) is 47.5 Å². The number of aromatic hydroxyl groups is 1. The van der Waals surface area contributed by atoms with Crippen LogP contribution in [0, 0.1) is 0 Å². The van der Waals surface area contributed by atoms with Gasteiger partial charge in [-0.25, -0.2) is 0 Å². The van der Waals surface area contributed by atoms with Gasteiger partial charge < -0.3 is 5.11 Å². The molecule has 0 aliphatic rings. The van der Waals surface area contributed by atoms with Gasteiger partial charge in [0.15, 0.2) is 0 Å². The van der Waals surface area contributed by atoms with Gasteiger partial charge >= 0.3 is 0 Å². The van der Waals surface area contributed by atoms with Gasteiger partial charge in [-0.3, -0.25) is 0 Å². The summed E-state index contributed by atoms with van der Waals surface area (Å²) in [5, 5.41) is 14.1. The Hall–Kier alpha value is -2.80. The summed E-state index contributed by atoms with van der Waals surface area (Å²) in [6, 6.07) is 28.3. The van der Waals surface area contributed by atoms with Gasteiger partial charge in [0, 0.05) is 0 Å². The summed E-state index contributed by atoms with van der Waals surface area (Å²) >= 11 is 0. The number of hydrogen-bond donors (Lipinski definition) is 1. The zero-order chi connectivity index (χ0) is 20.8. The van der Waals surface area contributed by atoms with Crippen molar-refractivity contribution in [3.05, 3.63) is 90.5 Å². The Balaban J connectivity index is 0.000000273. The fourth-order valence-electron chi connectivity index (χ4n) is 2.92. The van der Waals surface area contributed by atoms with Gasteiger partial charge in [0.05, 0.1) is 0 Å². The molecule has 4 aromatic rings. The molecule has 1 heteroatoms. The molecule has 0 radical (unpaired) electrons. The first-order valence-corrected chi connectivity index (χ1v) is 10.3. The standard InChI is InChI=1S/C16H14.C6H6O.C3H8.C2H6/c1-2-14-15-9-5-3-7-12(15)11-13-8-4-6-10-16(13)14;7-6-4-2-1-3-5-6;1-3-2;1-2/h3-11H,2H2,1H3;1-5,7H;3H2,1-2H3;1-2H3. The summed E-state index contributed by atoms with van der Waals surface area (Å²) in [6.07, 6.45) is 2.34. The second-order valence-corrected chi connectivity index (χ2v) is 6.19. The largest absolute Gasteiger partial charge is 0.508 e. The van der Waals surface area contributed by atoms with E-state index < -0.39 is 0 Å². The van der Waals surface area contributed by atoms with Gasteiger partial charge in [0.1, 0.15) is 5.75 Å². The minimum Gasteiger partial charge on any atom is -0.508 e. The van der Waals surface area contributed by atoms with Crippen LogP contribution in [0.15, 0.2) is 84.9 Å². The third kappa shape index (κ3) is 6.74. The predicted molar refractivity (Wildman–Crippen MR) is 126 cm³/mol. The Labute approximate surface area is 170 Å². The van der Waals surface area contributed by atoms with Crippen LogP contribution in [0.2, 0.25) is 0 Å². The van der Waals surface area contributed by atoms with Crippen molar-refractivity contribution in [2.24, 2.45) is 0 Å². The average molecular weight is 375 g/mol. The second kappa shape index (κ2) is 13.4. The van der Waals surface area contributed by atoms with Crippen molar-refractivity contribution < 1.29 is 5.11 Å². The van der Waals surface area contributed by atoms with E-state index in [2.05, 4.69) is 75.4 Å². The summed E-state index contributed by atoms with van der Waals surface area (Å²) in [5.41, 5.74) is 1.47. The van der Waals surface area contributed by atoms with Gasteiger partial charge in [0.25, 0.3) is 0 Å². The minimum absolute atomic E-state index is 0.322. The second-order valence-electron chi connectivity index (χ2n) is 6.19. The highest BCUT2D eigenvalue weighted by Crippen LogP contribution is 2.28. The molecule has 0 heterocycles. The molecule has 0 saturated carbocycles. The van der Waals surface area contributed by atoms with E-state index in [1.165, 1.54) is 33.5 Å². The summed E-state index contributed by atoms with van der Waals surface area (Å²) in [6.45, 7) is 10.5. The van der Waals surface area contributed by atoms with Gasteiger partial charge in [-0.15, -0.1) is 0 Å². The highest BCUT2D eigenvalue weighted by molar-refractivity contribution is 6.02. The topological polar surface area (TPSA) is 20.2 Å². The van der Waals surface area contributed by atoms with Crippen LogP contribution in [-0.4, -0.2) is 5.11 Å². The van der Waals surface area contributed by atoms with Crippen molar-refractivity contribution >= 4 is 21.5 Å². The first-order valence-electron chi connectivity index (χ1n) is 10.3. The van der Waals surface area contributed by atoms with Gasteiger partial charge in [-0.1, -0.05) is 108 Å². The molecule has 0 fully saturated rings. The quantitative estimate of drug-likeness (QED) is 0.332. The smallest absolute Gasteiger partial charge is 0.115 e. The van der Waals surface area contributed by atoms with E-state index in [0.29, 0.717) is 5.75 Å². The molecule has 28 heavy (non-hydrogen) atoms. The maximum Gasteiger partial charge on any atom is 0.115 e. The molecule has 0 aliphatic heterocycles. The first kappa shape index (κ1) is 23.2. The molecular weight excluding hydrogens is 340 g/mol. The van der Waals surface area contributed by atoms with Gasteiger partial charge in [-0.2, -0.15) is 0 Å². The molecule has 1 N–H and O–H groups in total. The monoisotopic (exact) mass is 374 g/mol. The van der Waals surface area contributed by atoms with E-state index in [0.717, 1.165) is 6.42 Å². The molecule has 4 aromatic carbocycles. The van der Waals surface area contributed by atoms with Crippen LogP contribution >= 0.6 is 0 Å². The summed E-state index contributed by atoms with van der Waals surface area (Å²) < 4.78 is 0. The molecule has 0 aliphatic carbocycles. The SMILES string of the molecule is CC.CCC.CCc1c2ccccc2cc2ccccc12.Oc1ccccc1. The Morgan fingerprint density at radius 1 is 0.607 bits per heavy atom. The number of hydrogen-bond acceptors (Lipinski definition) is 1. The number of para-hydroxylation sites is 1. The molecule has 0 bridgehead atoms. The fourth-order valence-corrected chi connectivity index (χ4v) is 2.92. The number of aryl methyl sites for hydroxylation is 1. The number of phenolic OH excluding ortho intramolecular Hbond substituents is 1. The van der Waals surface area contributed by atoms with E-state index >= 15 is 0 Å². The highest BCUT2D eigenvalue weighted by atomic mass is 16.3. The van der Waals surface area contributed by atoms with E-state index in [-0.39, 0.29) is 0 Å². The first-order chi connectivity index (χ1) is 13.7. The Kier molecular flexibility index (Phi) is 11.1. The number of benzene rings is 4. The van der Waals surface area contributed by atoms with Crippen molar-refractivity contribution in [3.8, 4) is 5.75 Å². The van der Waals surface area contributed by atoms with Crippen LogP contribution in [0.3, 0.4) is 0 Å². The molecule has 4 rings (SSSR count). The zero-order valence-electron chi connectivity index (χ0n) is 17.9. The van der Waals surface area contributed by atoms with E-state index in [9.17, 15) is 0 Å². The van der Waals surface area contributed by atoms with Gasteiger partial charge in [-0.05, 0) is 51.7 Å². The van der Waals surface area contributed by atoms with E-state index in [4.69, 9.17) is 5.11 Å². The Bertz CT molecular complexity index is 872. The van der Waals surface area contributed by atoms with Crippen LogP contribution in [0.25, 0.3) is 21.5 Å². The van der Waals surface area contributed by atoms with Crippen LogP contribution in [0.1, 0.15) is 46.6 Å². The van der Waals surface area contributed by atoms with E-state index in [1.54, 1.807) is 24.3 Å². The lowest BCUT2D eigenvalue weighted by Gasteiger charge is -2.09. The molecule has 148 valence electrons. The number of rotatable bonds is 1. The van der Waals surface area contributed by atoms with Crippen molar-refractivity contribution in [2.75, 3.05) is 0 Å². The van der Waals surface area contributed by atoms with Crippen LogP contribution in [0.5, 0.6) is 5.75 Å². The van der Waals surface area contributed by atoms with Crippen LogP contribution in [0.4, 0.5) is 0 Å².